The van der Waals surface area contributed by atoms with Gasteiger partial charge in [-0.1, -0.05) is 12.1 Å². The first-order valence-corrected chi connectivity index (χ1v) is 8.35. The first kappa shape index (κ1) is 17.7. The molecule has 1 aliphatic rings. The van der Waals surface area contributed by atoms with Crippen LogP contribution in [0.3, 0.4) is 0 Å². The number of rotatable bonds is 5. The van der Waals surface area contributed by atoms with Crippen molar-refractivity contribution in [3.63, 3.8) is 0 Å². The molecule has 1 aromatic heterocycles. The van der Waals surface area contributed by atoms with Crippen molar-refractivity contribution in [1.82, 2.24) is 14.9 Å². The van der Waals surface area contributed by atoms with Gasteiger partial charge in [0.25, 0.3) is 0 Å². The Morgan fingerprint density at radius 1 is 1.19 bits per heavy atom. The van der Waals surface area contributed by atoms with Crippen molar-refractivity contribution in [1.29, 1.82) is 0 Å². The summed E-state index contributed by atoms with van der Waals surface area (Å²) in [6.45, 7) is 4.55. The first-order chi connectivity index (χ1) is 12.6. The fourth-order valence-corrected chi connectivity index (χ4v) is 2.80. The minimum Gasteiger partial charge on any atom is -0.465 e. The molecule has 0 aliphatic carbocycles. The van der Waals surface area contributed by atoms with Gasteiger partial charge in [0.1, 0.15) is 5.82 Å². The summed E-state index contributed by atoms with van der Waals surface area (Å²) < 4.78 is 4.82. The van der Waals surface area contributed by atoms with Crippen LogP contribution in [-0.4, -0.2) is 60.5 Å². The highest BCUT2D eigenvalue weighted by atomic mass is 16.5. The van der Waals surface area contributed by atoms with Crippen LogP contribution in [0.25, 0.3) is 0 Å². The number of nitrogens with zero attached hydrogens (tertiary/aromatic N) is 4. The molecule has 2 aromatic rings. The number of piperazine rings is 1. The average Bonchev–Trinajstić information content (AvgIpc) is 2.67. The number of benzene rings is 1. The van der Waals surface area contributed by atoms with E-state index in [2.05, 4.69) is 15.3 Å². The van der Waals surface area contributed by atoms with Crippen molar-refractivity contribution in [3.05, 3.63) is 41.6 Å². The summed E-state index contributed by atoms with van der Waals surface area (Å²) in [5.41, 5.74) is 1.87. The van der Waals surface area contributed by atoms with E-state index >= 15 is 0 Å². The summed E-state index contributed by atoms with van der Waals surface area (Å²) in [6, 6.07) is 8.93. The Labute approximate surface area is 151 Å². The normalized spacial score (nSPS) is 14.1. The lowest BCUT2D eigenvalue weighted by Gasteiger charge is -2.32. The van der Waals surface area contributed by atoms with Crippen LogP contribution in [0, 0.1) is 6.92 Å². The molecule has 0 atom stereocenters. The van der Waals surface area contributed by atoms with Gasteiger partial charge in [0.15, 0.2) is 0 Å². The number of ether oxygens (including phenoxy) is 1. The zero-order valence-corrected chi connectivity index (χ0v) is 14.8. The van der Waals surface area contributed by atoms with E-state index in [1.54, 1.807) is 23.1 Å². The molecule has 0 spiro atoms. The third-order valence-electron chi connectivity index (χ3n) is 4.18. The second-order valence-corrected chi connectivity index (χ2v) is 5.99. The molecule has 3 rings (SSSR count). The van der Waals surface area contributed by atoms with E-state index in [9.17, 15) is 9.59 Å². The van der Waals surface area contributed by atoms with Crippen molar-refractivity contribution in [2.45, 2.75) is 6.92 Å². The van der Waals surface area contributed by atoms with Crippen LogP contribution in [0.4, 0.5) is 17.5 Å². The monoisotopic (exact) mass is 355 g/mol. The average molecular weight is 355 g/mol. The molecule has 1 saturated heterocycles. The highest BCUT2D eigenvalue weighted by Crippen LogP contribution is 2.22. The van der Waals surface area contributed by atoms with E-state index in [1.165, 1.54) is 7.11 Å². The molecule has 1 N–H and O–H groups in total. The van der Waals surface area contributed by atoms with Crippen LogP contribution in [0.5, 0.6) is 0 Å². The maximum atomic E-state index is 11.9. The summed E-state index contributed by atoms with van der Waals surface area (Å²) >= 11 is 0. The van der Waals surface area contributed by atoms with E-state index in [4.69, 9.17) is 4.74 Å². The number of carbonyl (C=O) groups excluding carboxylic acids is 2. The Balaban J connectivity index is 1.83. The number of anilines is 3. The van der Waals surface area contributed by atoms with Gasteiger partial charge in [-0.15, -0.1) is 0 Å². The third-order valence-corrected chi connectivity index (χ3v) is 4.18. The standard InChI is InChI=1S/C18H21N5O3/c1-13-11-16(20-15-6-4-3-5-14(15)17(25)26-2)21-18(19-13)23-9-7-22(12-24)8-10-23/h3-6,11-12H,7-10H2,1-2H3,(H,19,20,21). The first-order valence-electron chi connectivity index (χ1n) is 8.35. The SMILES string of the molecule is COC(=O)c1ccccc1Nc1cc(C)nc(N2CCN(C=O)CC2)n1. The van der Waals surface area contributed by atoms with Crippen molar-refractivity contribution >= 4 is 29.8 Å². The number of hydrogen-bond acceptors (Lipinski definition) is 7. The van der Waals surface area contributed by atoms with Crippen LogP contribution < -0.4 is 10.2 Å². The fourth-order valence-electron chi connectivity index (χ4n) is 2.80. The molecular formula is C18H21N5O3. The summed E-state index contributed by atoms with van der Waals surface area (Å²) in [4.78, 5) is 35.6. The van der Waals surface area contributed by atoms with Crippen molar-refractivity contribution in [2.24, 2.45) is 0 Å². The molecule has 1 aliphatic heterocycles. The lowest BCUT2D eigenvalue weighted by Crippen LogP contribution is -2.46. The second-order valence-electron chi connectivity index (χ2n) is 5.99. The number of amides is 1. The van der Waals surface area contributed by atoms with Crippen LogP contribution in [0.15, 0.2) is 30.3 Å². The van der Waals surface area contributed by atoms with Gasteiger partial charge in [0.05, 0.1) is 18.4 Å². The molecule has 0 bridgehead atoms. The van der Waals surface area contributed by atoms with Crippen molar-refractivity contribution in [2.75, 3.05) is 43.5 Å². The minimum absolute atomic E-state index is 0.413. The topological polar surface area (TPSA) is 87.7 Å². The van der Waals surface area contributed by atoms with Gasteiger partial charge < -0.3 is 19.9 Å². The molecular weight excluding hydrogens is 334 g/mol. The van der Waals surface area contributed by atoms with Gasteiger partial charge in [-0.3, -0.25) is 4.79 Å². The van der Waals surface area contributed by atoms with E-state index in [0.717, 1.165) is 12.1 Å². The van der Waals surface area contributed by atoms with Gasteiger partial charge in [0, 0.05) is 37.9 Å². The predicted molar refractivity (Wildman–Crippen MR) is 97.7 cm³/mol. The van der Waals surface area contributed by atoms with E-state index < -0.39 is 5.97 Å². The van der Waals surface area contributed by atoms with Crippen molar-refractivity contribution < 1.29 is 14.3 Å². The van der Waals surface area contributed by atoms with Gasteiger partial charge in [-0.2, -0.15) is 4.98 Å². The number of hydrogen-bond donors (Lipinski definition) is 1. The number of methoxy groups -OCH3 is 1. The molecule has 1 fully saturated rings. The smallest absolute Gasteiger partial charge is 0.339 e. The van der Waals surface area contributed by atoms with Crippen LogP contribution in [-0.2, 0) is 9.53 Å². The number of aryl methyl sites for hydroxylation is 1. The van der Waals surface area contributed by atoms with Crippen molar-refractivity contribution in [3.8, 4) is 0 Å². The fraction of sp³-hybridized carbons (Fsp3) is 0.333. The Morgan fingerprint density at radius 2 is 1.92 bits per heavy atom. The quantitative estimate of drug-likeness (QED) is 0.644. The Hall–Kier alpha value is -3.16. The van der Waals surface area contributed by atoms with E-state index in [0.29, 0.717) is 49.2 Å². The molecule has 2 heterocycles. The van der Waals surface area contributed by atoms with Gasteiger partial charge in [-0.25, -0.2) is 9.78 Å². The molecule has 136 valence electrons. The lowest BCUT2D eigenvalue weighted by atomic mass is 10.2. The van der Waals surface area contributed by atoms with Gasteiger partial charge in [0.2, 0.25) is 12.4 Å². The van der Waals surface area contributed by atoms with Gasteiger partial charge in [-0.05, 0) is 19.1 Å². The van der Waals surface area contributed by atoms with Gasteiger partial charge >= 0.3 is 5.97 Å². The van der Waals surface area contributed by atoms with Crippen LogP contribution in [0.2, 0.25) is 0 Å². The molecule has 1 aromatic carbocycles. The zero-order valence-electron chi connectivity index (χ0n) is 14.8. The number of nitrogens with one attached hydrogen (secondary N) is 1. The number of esters is 1. The molecule has 26 heavy (non-hydrogen) atoms. The molecule has 8 nitrogen and oxygen atoms in total. The summed E-state index contributed by atoms with van der Waals surface area (Å²) in [5, 5.41) is 3.18. The third kappa shape index (κ3) is 3.90. The van der Waals surface area contributed by atoms with Crippen LogP contribution >= 0.6 is 0 Å². The van der Waals surface area contributed by atoms with E-state index in [1.807, 2.05) is 24.0 Å². The Kier molecular flexibility index (Phi) is 5.31. The Morgan fingerprint density at radius 3 is 2.62 bits per heavy atom. The zero-order chi connectivity index (χ0) is 18.5. The van der Waals surface area contributed by atoms with Crippen LogP contribution in [0.1, 0.15) is 16.1 Å². The summed E-state index contributed by atoms with van der Waals surface area (Å²) in [5.74, 6) is 0.791. The largest absolute Gasteiger partial charge is 0.465 e. The lowest BCUT2D eigenvalue weighted by molar-refractivity contribution is -0.118. The summed E-state index contributed by atoms with van der Waals surface area (Å²) in [7, 11) is 1.35. The molecule has 0 saturated carbocycles. The molecule has 0 unspecified atom stereocenters. The summed E-state index contributed by atoms with van der Waals surface area (Å²) in [6.07, 6.45) is 0.866. The number of aromatic nitrogens is 2. The van der Waals surface area contributed by atoms with E-state index in [-0.39, 0.29) is 0 Å². The highest BCUT2D eigenvalue weighted by molar-refractivity contribution is 5.96. The minimum atomic E-state index is -0.413. The second kappa shape index (κ2) is 7.81. The maximum Gasteiger partial charge on any atom is 0.339 e. The molecule has 8 heteroatoms. The Bertz CT molecular complexity index is 803. The number of carbonyl (C=O) groups is 2. The predicted octanol–water partition coefficient (Wildman–Crippen LogP) is 1.59. The highest BCUT2D eigenvalue weighted by Gasteiger charge is 2.19. The maximum absolute atomic E-state index is 11.9. The number of para-hydroxylation sites is 1. The molecule has 1 amide bonds. The molecule has 0 radical (unpaired) electrons.